The number of aromatic nitrogens is 2. The van der Waals surface area contributed by atoms with Crippen molar-refractivity contribution in [2.24, 2.45) is 0 Å². The Labute approximate surface area is 122 Å². The van der Waals surface area contributed by atoms with Crippen LogP contribution in [0.4, 0.5) is 24.8 Å². The molecule has 1 aromatic heterocycles. The molecule has 0 aromatic carbocycles. The molecule has 0 bridgehead atoms. The minimum absolute atomic E-state index is 0.196. The Balaban J connectivity index is 2.35. The molecule has 7 heteroatoms. The maximum Gasteiger partial charge on any atom is 0.451 e. The van der Waals surface area contributed by atoms with Crippen LogP contribution in [-0.4, -0.2) is 29.6 Å². The fraction of sp³-hybridized carbons (Fsp3) is 0.714. The Hall–Kier alpha value is -1.53. The molecular formula is C14H21F3N4. The molecule has 1 heterocycles. The second-order valence-corrected chi connectivity index (χ2v) is 5.26. The van der Waals surface area contributed by atoms with Crippen molar-refractivity contribution in [2.45, 2.75) is 51.2 Å². The summed E-state index contributed by atoms with van der Waals surface area (Å²) in [5, 5.41) is 2.68. The monoisotopic (exact) mass is 302 g/mol. The minimum atomic E-state index is -4.53. The molecule has 1 aliphatic rings. The van der Waals surface area contributed by atoms with Gasteiger partial charge in [-0.25, -0.2) is 9.97 Å². The Morgan fingerprint density at radius 2 is 1.90 bits per heavy atom. The van der Waals surface area contributed by atoms with E-state index in [1.165, 1.54) is 6.42 Å². The molecule has 0 saturated heterocycles. The second-order valence-electron chi connectivity index (χ2n) is 5.26. The Morgan fingerprint density at radius 1 is 1.24 bits per heavy atom. The lowest BCUT2D eigenvalue weighted by Gasteiger charge is -2.34. The number of hydrogen-bond donors (Lipinski definition) is 1. The predicted molar refractivity (Wildman–Crippen MR) is 76.5 cm³/mol. The highest BCUT2D eigenvalue weighted by molar-refractivity contribution is 5.50. The Morgan fingerprint density at radius 3 is 2.43 bits per heavy atom. The van der Waals surface area contributed by atoms with Crippen LogP contribution in [0.15, 0.2) is 6.07 Å². The van der Waals surface area contributed by atoms with Crippen LogP contribution < -0.4 is 10.2 Å². The van der Waals surface area contributed by atoms with Crippen molar-refractivity contribution < 1.29 is 13.2 Å². The largest absolute Gasteiger partial charge is 0.451 e. The van der Waals surface area contributed by atoms with E-state index in [9.17, 15) is 13.2 Å². The lowest BCUT2D eigenvalue weighted by molar-refractivity contribution is -0.144. The van der Waals surface area contributed by atoms with Crippen LogP contribution in [0, 0.1) is 0 Å². The molecule has 1 fully saturated rings. The number of anilines is 2. The molecule has 2 rings (SSSR count). The first-order valence-corrected chi connectivity index (χ1v) is 7.36. The number of rotatable bonds is 4. The highest BCUT2D eigenvalue weighted by Gasteiger charge is 2.36. The van der Waals surface area contributed by atoms with Crippen LogP contribution in [0.3, 0.4) is 0 Å². The van der Waals surface area contributed by atoms with Crippen LogP contribution in [0.5, 0.6) is 0 Å². The molecule has 1 aromatic rings. The molecule has 21 heavy (non-hydrogen) atoms. The summed E-state index contributed by atoms with van der Waals surface area (Å²) in [6, 6.07) is 1.86. The standard InChI is InChI=1S/C14H21F3N4/c1-3-21(10-7-5-4-6-8-10)12-9-11(18-2)19-13(20-12)14(15,16)17/h9-10H,3-8H2,1-2H3,(H,18,19,20). The molecule has 118 valence electrons. The van der Waals surface area contributed by atoms with Gasteiger partial charge in [0, 0.05) is 25.7 Å². The molecule has 0 unspecified atom stereocenters. The van der Waals surface area contributed by atoms with Crippen LogP contribution in [-0.2, 0) is 6.18 Å². The Kier molecular flexibility index (Phi) is 4.90. The van der Waals surface area contributed by atoms with Gasteiger partial charge in [0.25, 0.3) is 0 Å². The molecule has 0 spiro atoms. The van der Waals surface area contributed by atoms with Gasteiger partial charge in [0.15, 0.2) is 0 Å². The fourth-order valence-corrected chi connectivity index (χ4v) is 2.84. The SMILES string of the molecule is CCN(c1cc(NC)nc(C(F)(F)F)n1)C1CCCCC1. The summed E-state index contributed by atoms with van der Waals surface area (Å²) in [7, 11) is 1.56. The molecule has 4 nitrogen and oxygen atoms in total. The average molecular weight is 302 g/mol. The lowest BCUT2D eigenvalue weighted by Crippen LogP contribution is -2.37. The zero-order valence-corrected chi connectivity index (χ0v) is 12.4. The van der Waals surface area contributed by atoms with Gasteiger partial charge < -0.3 is 10.2 Å². The summed E-state index contributed by atoms with van der Waals surface area (Å²) < 4.78 is 38.8. The highest BCUT2D eigenvalue weighted by atomic mass is 19.4. The van der Waals surface area contributed by atoms with Gasteiger partial charge >= 0.3 is 6.18 Å². The third kappa shape index (κ3) is 3.77. The van der Waals surface area contributed by atoms with Crippen LogP contribution >= 0.6 is 0 Å². The average Bonchev–Trinajstić information content (AvgIpc) is 2.48. The molecule has 1 N–H and O–H groups in total. The third-order valence-electron chi connectivity index (χ3n) is 3.87. The van der Waals surface area contributed by atoms with Gasteiger partial charge in [-0.15, -0.1) is 0 Å². The molecule has 0 radical (unpaired) electrons. The molecule has 0 amide bonds. The summed E-state index contributed by atoms with van der Waals surface area (Å²) in [5.41, 5.74) is 0. The van der Waals surface area contributed by atoms with E-state index in [4.69, 9.17) is 0 Å². The van der Waals surface area contributed by atoms with Gasteiger partial charge in [-0.05, 0) is 19.8 Å². The van der Waals surface area contributed by atoms with E-state index in [-0.39, 0.29) is 11.9 Å². The molecule has 1 aliphatic carbocycles. The Bertz CT molecular complexity index is 470. The first-order valence-electron chi connectivity index (χ1n) is 7.36. The maximum absolute atomic E-state index is 12.9. The zero-order valence-electron chi connectivity index (χ0n) is 12.4. The summed E-state index contributed by atoms with van der Waals surface area (Å²) >= 11 is 0. The quantitative estimate of drug-likeness (QED) is 0.921. The first kappa shape index (κ1) is 15.9. The minimum Gasteiger partial charge on any atom is -0.373 e. The van der Waals surface area contributed by atoms with Gasteiger partial charge in [0.2, 0.25) is 5.82 Å². The van der Waals surface area contributed by atoms with Crippen molar-refractivity contribution in [1.82, 2.24) is 9.97 Å². The van der Waals surface area contributed by atoms with E-state index < -0.39 is 12.0 Å². The van der Waals surface area contributed by atoms with Crippen molar-refractivity contribution in [2.75, 3.05) is 23.8 Å². The summed E-state index contributed by atoms with van der Waals surface area (Å²) in [4.78, 5) is 9.23. The van der Waals surface area contributed by atoms with Crippen molar-refractivity contribution in [3.8, 4) is 0 Å². The number of halogens is 3. The summed E-state index contributed by atoms with van der Waals surface area (Å²) in [6.45, 7) is 2.59. The zero-order chi connectivity index (χ0) is 15.5. The van der Waals surface area contributed by atoms with E-state index in [2.05, 4.69) is 15.3 Å². The predicted octanol–water partition coefficient (Wildman–Crippen LogP) is 3.70. The van der Waals surface area contributed by atoms with E-state index in [0.717, 1.165) is 25.7 Å². The van der Waals surface area contributed by atoms with Gasteiger partial charge in [0.1, 0.15) is 11.6 Å². The number of hydrogen-bond acceptors (Lipinski definition) is 4. The third-order valence-corrected chi connectivity index (χ3v) is 3.87. The molecule has 0 aliphatic heterocycles. The first-order chi connectivity index (χ1) is 9.95. The van der Waals surface area contributed by atoms with E-state index in [1.807, 2.05) is 11.8 Å². The normalized spacial score (nSPS) is 16.8. The molecule has 1 saturated carbocycles. The van der Waals surface area contributed by atoms with E-state index in [0.29, 0.717) is 12.4 Å². The number of nitrogens with zero attached hydrogens (tertiary/aromatic N) is 3. The van der Waals surface area contributed by atoms with E-state index >= 15 is 0 Å². The van der Waals surface area contributed by atoms with Gasteiger partial charge in [0.05, 0.1) is 0 Å². The van der Waals surface area contributed by atoms with Gasteiger partial charge in [-0.2, -0.15) is 13.2 Å². The maximum atomic E-state index is 12.9. The van der Waals surface area contributed by atoms with Crippen molar-refractivity contribution >= 4 is 11.6 Å². The number of nitrogens with one attached hydrogen (secondary N) is 1. The van der Waals surface area contributed by atoms with Crippen LogP contribution in [0.2, 0.25) is 0 Å². The van der Waals surface area contributed by atoms with Crippen LogP contribution in [0.25, 0.3) is 0 Å². The second kappa shape index (κ2) is 6.49. The van der Waals surface area contributed by atoms with E-state index in [1.54, 1.807) is 13.1 Å². The molecular weight excluding hydrogens is 281 g/mol. The van der Waals surface area contributed by atoms with Crippen molar-refractivity contribution in [3.63, 3.8) is 0 Å². The van der Waals surface area contributed by atoms with Crippen molar-refractivity contribution in [1.29, 1.82) is 0 Å². The summed E-state index contributed by atoms with van der Waals surface area (Å²) in [6.07, 6.45) is 0.928. The molecule has 0 atom stereocenters. The summed E-state index contributed by atoms with van der Waals surface area (Å²) in [5.74, 6) is -0.531. The lowest BCUT2D eigenvalue weighted by atomic mass is 9.94. The highest BCUT2D eigenvalue weighted by Crippen LogP contribution is 2.31. The number of alkyl halides is 3. The topological polar surface area (TPSA) is 41.0 Å². The van der Waals surface area contributed by atoms with Gasteiger partial charge in [-0.3, -0.25) is 0 Å². The van der Waals surface area contributed by atoms with Crippen LogP contribution in [0.1, 0.15) is 44.9 Å². The van der Waals surface area contributed by atoms with Gasteiger partial charge in [-0.1, -0.05) is 19.3 Å². The van der Waals surface area contributed by atoms with Crippen molar-refractivity contribution in [3.05, 3.63) is 11.9 Å². The smallest absolute Gasteiger partial charge is 0.373 e. The fourth-order valence-electron chi connectivity index (χ4n) is 2.84.